The van der Waals surface area contributed by atoms with E-state index >= 15 is 0 Å². The summed E-state index contributed by atoms with van der Waals surface area (Å²) >= 11 is 0. The van der Waals surface area contributed by atoms with Crippen molar-refractivity contribution in [3.05, 3.63) is 229 Å². The second-order valence-electron chi connectivity index (χ2n) is 22.9. The Morgan fingerprint density at radius 2 is 0.713 bits per heavy atom. The maximum atomic E-state index is 10.7. The molecule has 0 unspecified atom stereocenters. The molecule has 382 valence electrons. The number of anilines is 6. The summed E-state index contributed by atoms with van der Waals surface area (Å²) in [5.74, 6) is 0. The zero-order valence-electron chi connectivity index (χ0n) is 58.3. The molecular weight excluding hydrogens is 977 g/mol. The maximum absolute atomic E-state index is 10.7. The molecular formula is C74H54N4O2. The number of benzene rings is 11. The average Bonchev–Trinajstić information content (AvgIpc) is 1.49. The molecule has 0 radical (unpaired) electrons. The van der Waals surface area contributed by atoms with Crippen LogP contribution < -0.4 is 9.80 Å². The Morgan fingerprint density at radius 3 is 1.12 bits per heavy atom. The zero-order chi connectivity index (χ0) is 65.7. The highest BCUT2D eigenvalue weighted by Gasteiger charge is 2.30. The molecule has 17 aromatic rings. The van der Waals surface area contributed by atoms with Gasteiger partial charge in [-0.2, -0.15) is 0 Å². The van der Waals surface area contributed by atoms with Crippen molar-refractivity contribution in [3.63, 3.8) is 0 Å². The normalized spacial score (nSPS) is 15.3. The van der Waals surface area contributed by atoms with Crippen LogP contribution in [0, 0.1) is 0 Å². The van der Waals surface area contributed by atoms with Gasteiger partial charge in [0.1, 0.15) is 11.2 Å². The minimum absolute atomic E-state index is 0.0172. The molecule has 0 saturated carbocycles. The number of fused-ring (bicyclic) bond motifs is 18. The summed E-state index contributed by atoms with van der Waals surface area (Å²) < 4.78 is 157. The van der Waals surface area contributed by atoms with Crippen LogP contribution in [0.25, 0.3) is 120 Å². The third kappa shape index (κ3) is 6.02. The van der Waals surface area contributed by atoms with Crippen LogP contribution in [0.1, 0.15) is 71.9 Å². The zero-order valence-corrected chi connectivity index (χ0v) is 44.3. The van der Waals surface area contributed by atoms with Crippen LogP contribution in [0.2, 0.25) is 0 Å². The lowest BCUT2D eigenvalue weighted by atomic mass is 9.86. The van der Waals surface area contributed by atoms with Crippen LogP contribution in [-0.2, 0) is 10.8 Å². The van der Waals surface area contributed by atoms with Crippen LogP contribution >= 0.6 is 0 Å². The van der Waals surface area contributed by atoms with E-state index in [1.165, 1.54) is 8.80 Å². The average molecular weight is 1050 g/mol. The topological polar surface area (TPSA) is 41.6 Å². The van der Waals surface area contributed by atoms with Crippen LogP contribution in [0.15, 0.2) is 227 Å². The van der Waals surface area contributed by atoms with E-state index in [1.807, 2.05) is 133 Å². The molecule has 6 aromatic heterocycles. The van der Waals surface area contributed by atoms with Gasteiger partial charge in [0.25, 0.3) is 0 Å². The third-order valence-electron chi connectivity index (χ3n) is 16.3. The summed E-state index contributed by atoms with van der Waals surface area (Å²) in [7, 11) is 0. The highest BCUT2D eigenvalue weighted by molar-refractivity contribution is 6.31. The fourth-order valence-electron chi connectivity index (χ4n) is 12.8. The molecule has 6 heterocycles. The molecule has 0 aliphatic heterocycles. The summed E-state index contributed by atoms with van der Waals surface area (Å²) in [6, 6.07) is 35.2. The van der Waals surface area contributed by atoms with Crippen LogP contribution in [0.5, 0.6) is 0 Å². The Balaban J connectivity index is 1.03. The number of nitrogens with zero attached hydrogens (tertiary/aromatic N) is 4. The monoisotopic (exact) mass is 1040 g/mol. The minimum atomic E-state index is -0.557. The number of hydrogen-bond acceptors (Lipinski definition) is 4. The molecule has 17 rings (SSSR count). The fraction of sp³-hybridized carbons (Fsp3) is 0.108. The SMILES string of the molecule is [2H]c1c([2H])c([2H])c2c(c1N(c1ccccc1)c1cccc3c1oc1c(C(C)(C)C)cccc13)c1c([2H])c([2H])c([2H])c3c4c([2H])c5c(c([2H])c4n2c13)c1c([2H])c([2H])c([2H])c2c3c(N(c4ccccc4)c4cccc6c4oc4c(C(C)(C)C)cccc46)c([2H])c([2H])c([2H])c3n5c21. The van der Waals surface area contributed by atoms with E-state index in [4.69, 9.17) is 8.83 Å². The second kappa shape index (κ2) is 15.9. The first-order valence-electron chi connectivity index (χ1n) is 33.8. The van der Waals surface area contributed by atoms with Crippen LogP contribution in [-0.4, -0.2) is 8.80 Å². The van der Waals surface area contributed by atoms with Crippen molar-refractivity contribution in [1.29, 1.82) is 0 Å². The lowest BCUT2D eigenvalue weighted by Crippen LogP contribution is -2.11. The summed E-state index contributed by atoms with van der Waals surface area (Å²) in [6.07, 6.45) is 0. The number of rotatable bonds is 6. The van der Waals surface area contributed by atoms with Gasteiger partial charge in [-0.1, -0.05) is 187 Å². The van der Waals surface area contributed by atoms with Gasteiger partial charge in [-0.05, 0) is 83.5 Å². The molecule has 11 aromatic carbocycles. The predicted molar refractivity (Wildman–Crippen MR) is 337 cm³/mol. The van der Waals surface area contributed by atoms with E-state index in [9.17, 15) is 19.2 Å². The van der Waals surface area contributed by atoms with E-state index in [2.05, 4.69) is 41.5 Å². The third-order valence-corrected chi connectivity index (χ3v) is 16.3. The predicted octanol–water partition coefficient (Wildman–Crippen LogP) is 21.3. The number of para-hydroxylation sites is 8. The highest BCUT2D eigenvalue weighted by Crippen LogP contribution is 2.53. The van der Waals surface area contributed by atoms with Crippen molar-refractivity contribution in [3.8, 4) is 0 Å². The largest absolute Gasteiger partial charge is 0.454 e. The van der Waals surface area contributed by atoms with Gasteiger partial charge in [0.05, 0.1) is 75.0 Å². The Bertz CT molecular complexity index is 5880. The molecule has 0 aliphatic carbocycles. The van der Waals surface area contributed by atoms with E-state index in [0.29, 0.717) is 45.1 Å². The summed E-state index contributed by atoms with van der Waals surface area (Å²) in [6.45, 7) is 12.6. The Hall–Kier alpha value is -9.78. The molecule has 0 N–H and O–H groups in total. The maximum Gasteiger partial charge on any atom is 0.159 e. The van der Waals surface area contributed by atoms with Crippen molar-refractivity contribution in [1.82, 2.24) is 8.80 Å². The quantitative estimate of drug-likeness (QED) is 0.166. The molecule has 0 fully saturated rings. The van der Waals surface area contributed by atoms with Crippen molar-refractivity contribution < 1.29 is 28.0 Å². The van der Waals surface area contributed by atoms with Crippen molar-refractivity contribution >= 4 is 154 Å². The molecule has 0 aliphatic rings. The van der Waals surface area contributed by atoms with Crippen molar-refractivity contribution in [2.24, 2.45) is 0 Å². The lowest BCUT2D eigenvalue weighted by Gasteiger charge is -2.26. The second-order valence-corrected chi connectivity index (χ2v) is 22.9. The first-order valence-corrected chi connectivity index (χ1v) is 26.8. The van der Waals surface area contributed by atoms with Gasteiger partial charge in [0, 0.05) is 87.1 Å². The van der Waals surface area contributed by atoms with Crippen LogP contribution in [0.4, 0.5) is 34.1 Å². The van der Waals surface area contributed by atoms with E-state index in [1.54, 1.807) is 9.80 Å². The van der Waals surface area contributed by atoms with E-state index in [0.717, 1.165) is 32.7 Å². The van der Waals surface area contributed by atoms with Gasteiger partial charge >= 0.3 is 0 Å². The molecule has 0 saturated heterocycles. The number of hydrogen-bond donors (Lipinski definition) is 0. The van der Waals surface area contributed by atoms with E-state index < -0.39 is 72.5 Å². The highest BCUT2D eigenvalue weighted by atomic mass is 16.3. The van der Waals surface area contributed by atoms with Crippen molar-refractivity contribution in [2.45, 2.75) is 52.4 Å². The van der Waals surface area contributed by atoms with Gasteiger partial charge in [-0.3, -0.25) is 0 Å². The molecule has 80 heavy (non-hydrogen) atoms. The Morgan fingerprint density at radius 1 is 0.338 bits per heavy atom. The first-order chi connectivity index (χ1) is 44.9. The molecule has 0 bridgehead atoms. The molecule has 6 nitrogen and oxygen atoms in total. The number of aromatic nitrogens is 2. The summed E-state index contributed by atoms with van der Waals surface area (Å²) in [5, 5.41) is 3.23. The van der Waals surface area contributed by atoms with Gasteiger partial charge in [0.2, 0.25) is 0 Å². The molecule has 6 heteroatoms. The standard InChI is InChI=1S/C74H54N4O2/c1-73(2,3)55-33-15-27-47-49-29-17-39-61(71(49)79-69(47)55)75(43-21-9-7-10-22-43)57-35-19-37-59-65(57)51-31-13-25-45-53-42-64-54(41-63(53)77(59)67(45)51)46-26-14-32-52-66-58(36-20-38-60(66)78(64)68(46)52)76(44-23-11-8-12-24-44)62-40-18-30-50-48-28-16-34-56(74(4,5)6)70(48)80-72(50)62/h7-42H,1-6H3/i13D,14D,19D,20D,25D,26D,31D,32D,35D,36D,37D,38D,41D,42D. The van der Waals surface area contributed by atoms with Gasteiger partial charge < -0.3 is 27.4 Å². The van der Waals surface area contributed by atoms with Crippen LogP contribution in [0.3, 0.4) is 0 Å². The van der Waals surface area contributed by atoms with Gasteiger partial charge in [-0.25, -0.2) is 0 Å². The molecule has 0 spiro atoms. The summed E-state index contributed by atoms with van der Waals surface area (Å²) in [5.41, 5.74) is 5.42. The molecule has 0 atom stereocenters. The first kappa shape index (κ1) is 33.5. The minimum Gasteiger partial charge on any atom is -0.454 e. The number of furan rings is 2. The summed E-state index contributed by atoms with van der Waals surface area (Å²) in [4.78, 5) is 3.53. The Kier molecular flexibility index (Phi) is 6.67. The fourth-order valence-corrected chi connectivity index (χ4v) is 12.8. The Labute approximate surface area is 480 Å². The van der Waals surface area contributed by atoms with Gasteiger partial charge in [-0.15, -0.1) is 0 Å². The van der Waals surface area contributed by atoms with Gasteiger partial charge in [0.15, 0.2) is 11.2 Å². The smallest absolute Gasteiger partial charge is 0.159 e. The van der Waals surface area contributed by atoms with E-state index in [-0.39, 0.29) is 110 Å². The lowest BCUT2D eigenvalue weighted by molar-refractivity contribution is 0.572. The molecule has 0 amide bonds. The van der Waals surface area contributed by atoms with Crippen molar-refractivity contribution in [2.75, 3.05) is 9.80 Å².